The van der Waals surface area contributed by atoms with Gasteiger partial charge >= 0.3 is 6.18 Å². The lowest BCUT2D eigenvalue weighted by Crippen LogP contribution is -2.58. The molecule has 2 bridgehead atoms. The second-order valence-electron chi connectivity index (χ2n) is 8.51. The molecule has 0 amide bonds. The van der Waals surface area contributed by atoms with E-state index < -0.39 is 23.2 Å². The molecule has 2 fully saturated rings. The van der Waals surface area contributed by atoms with Crippen LogP contribution in [0.5, 0.6) is 0 Å². The number of rotatable bonds is 4. The van der Waals surface area contributed by atoms with Crippen molar-refractivity contribution in [2.24, 2.45) is 0 Å². The van der Waals surface area contributed by atoms with Crippen molar-refractivity contribution < 1.29 is 22.7 Å². The number of benzene rings is 2. The van der Waals surface area contributed by atoms with Crippen LogP contribution < -0.4 is 0 Å². The van der Waals surface area contributed by atoms with Crippen LogP contribution in [0.2, 0.25) is 0 Å². The summed E-state index contributed by atoms with van der Waals surface area (Å²) >= 11 is 0. The van der Waals surface area contributed by atoms with Gasteiger partial charge in [0.15, 0.2) is 0 Å². The molecular formula is C23H25F4NO. The Labute approximate surface area is 168 Å². The van der Waals surface area contributed by atoms with E-state index >= 15 is 0 Å². The maximum atomic E-state index is 13.7. The molecule has 0 radical (unpaired) electrons. The van der Waals surface area contributed by atoms with Crippen LogP contribution in [-0.2, 0) is 19.1 Å². The van der Waals surface area contributed by atoms with E-state index in [1.165, 1.54) is 5.56 Å². The fraction of sp³-hybridized carbons (Fsp3) is 0.478. The lowest BCUT2D eigenvalue weighted by molar-refractivity contribution is -0.139. The first-order valence-corrected chi connectivity index (χ1v) is 10.1. The SMILES string of the molecule is OC1(Cc2cc(F)ccc2C(F)(F)F)CC2CCCC(C1)N2Cc1ccccc1. The standard InChI is InChI=1S/C23H25F4NO/c24-18-9-10-21(23(25,26)27)17(11-18)12-22(29)13-19-7-4-8-20(14-22)28(19)15-16-5-2-1-3-6-16/h1-3,5-6,9-11,19-20,29H,4,7-8,12-15H2. The number of aliphatic hydroxyl groups is 1. The zero-order chi connectivity index (χ0) is 20.6. The van der Waals surface area contributed by atoms with Crippen LogP contribution in [0.15, 0.2) is 48.5 Å². The van der Waals surface area contributed by atoms with E-state index in [0.29, 0.717) is 12.8 Å². The molecule has 2 aliphatic rings. The van der Waals surface area contributed by atoms with Crippen molar-refractivity contribution in [2.75, 3.05) is 0 Å². The molecule has 2 saturated heterocycles. The Morgan fingerprint density at radius 2 is 1.66 bits per heavy atom. The minimum atomic E-state index is -4.57. The van der Waals surface area contributed by atoms with Gasteiger partial charge in [0.25, 0.3) is 0 Å². The molecule has 156 valence electrons. The molecule has 0 aromatic heterocycles. The summed E-state index contributed by atoms with van der Waals surface area (Å²) in [4.78, 5) is 2.39. The number of fused-ring (bicyclic) bond motifs is 2. The zero-order valence-electron chi connectivity index (χ0n) is 16.1. The van der Waals surface area contributed by atoms with Crippen molar-refractivity contribution in [2.45, 2.75) is 68.9 Å². The quantitative estimate of drug-likeness (QED) is 0.692. The van der Waals surface area contributed by atoms with Crippen molar-refractivity contribution in [1.82, 2.24) is 4.90 Å². The molecule has 2 aromatic rings. The summed E-state index contributed by atoms with van der Waals surface area (Å²) in [5, 5.41) is 11.3. The fourth-order valence-corrected chi connectivity index (χ4v) is 5.15. The third kappa shape index (κ3) is 4.48. The summed E-state index contributed by atoms with van der Waals surface area (Å²) in [6, 6.07) is 12.9. The van der Waals surface area contributed by atoms with Crippen LogP contribution in [0.4, 0.5) is 17.6 Å². The first-order valence-electron chi connectivity index (χ1n) is 10.1. The Morgan fingerprint density at radius 1 is 1.00 bits per heavy atom. The number of nitrogens with zero attached hydrogens (tertiary/aromatic N) is 1. The van der Waals surface area contributed by atoms with E-state index in [1.54, 1.807) is 0 Å². The van der Waals surface area contributed by atoms with Gasteiger partial charge in [0.2, 0.25) is 0 Å². The van der Waals surface area contributed by atoms with E-state index in [2.05, 4.69) is 17.0 Å². The Hall–Kier alpha value is -1.92. The molecule has 2 nitrogen and oxygen atoms in total. The second-order valence-corrected chi connectivity index (χ2v) is 8.51. The maximum absolute atomic E-state index is 13.7. The summed E-state index contributed by atoms with van der Waals surface area (Å²) in [5.41, 5.74) is -1.07. The van der Waals surface area contributed by atoms with Gasteiger partial charge in [0.05, 0.1) is 11.2 Å². The number of hydrogen-bond donors (Lipinski definition) is 1. The van der Waals surface area contributed by atoms with E-state index in [-0.39, 0.29) is 24.1 Å². The number of alkyl halides is 3. The predicted molar refractivity (Wildman–Crippen MR) is 103 cm³/mol. The van der Waals surface area contributed by atoms with Gasteiger partial charge in [-0.05, 0) is 55.0 Å². The molecule has 2 atom stereocenters. The van der Waals surface area contributed by atoms with Crippen LogP contribution >= 0.6 is 0 Å². The molecule has 2 aliphatic heterocycles. The molecule has 2 unspecified atom stereocenters. The monoisotopic (exact) mass is 407 g/mol. The van der Waals surface area contributed by atoms with Gasteiger partial charge in [-0.15, -0.1) is 0 Å². The largest absolute Gasteiger partial charge is 0.416 e. The highest BCUT2D eigenvalue weighted by atomic mass is 19.4. The smallest absolute Gasteiger partial charge is 0.389 e. The van der Waals surface area contributed by atoms with Gasteiger partial charge in [-0.3, -0.25) is 4.90 Å². The molecule has 0 spiro atoms. The van der Waals surface area contributed by atoms with E-state index in [1.807, 2.05) is 18.2 Å². The highest BCUT2D eigenvalue weighted by Crippen LogP contribution is 2.43. The second kappa shape index (κ2) is 7.73. The average Bonchev–Trinajstić information content (AvgIpc) is 2.62. The van der Waals surface area contributed by atoms with Crippen LogP contribution in [0.1, 0.15) is 48.8 Å². The van der Waals surface area contributed by atoms with Crippen LogP contribution in [0.25, 0.3) is 0 Å². The van der Waals surface area contributed by atoms with E-state index in [0.717, 1.165) is 44.0 Å². The predicted octanol–water partition coefficient (Wildman–Crippen LogP) is 5.34. The van der Waals surface area contributed by atoms with Gasteiger partial charge in [-0.2, -0.15) is 13.2 Å². The molecule has 29 heavy (non-hydrogen) atoms. The number of hydrogen-bond acceptors (Lipinski definition) is 2. The molecule has 2 aromatic carbocycles. The van der Waals surface area contributed by atoms with Gasteiger partial charge in [0, 0.05) is 25.0 Å². The average molecular weight is 407 g/mol. The molecule has 0 saturated carbocycles. The molecule has 4 rings (SSSR count). The maximum Gasteiger partial charge on any atom is 0.416 e. The summed E-state index contributed by atoms with van der Waals surface area (Å²) in [5.74, 6) is -0.710. The third-order valence-electron chi connectivity index (χ3n) is 6.34. The summed E-state index contributed by atoms with van der Waals surface area (Å²) in [7, 11) is 0. The van der Waals surface area contributed by atoms with Gasteiger partial charge in [0.1, 0.15) is 5.82 Å². The van der Waals surface area contributed by atoms with E-state index in [9.17, 15) is 22.7 Å². The Bertz CT molecular complexity index is 838. The fourth-order valence-electron chi connectivity index (χ4n) is 5.15. The Kier molecular flexibility index (Phi) is 5.42. The van der Waals surface area contributed by atoms with Crippen LogP contribution in [0, 0.1) is 5.82 Å². The summed E-state index contributed by atoms with van der Waals surface area (Å²) in [6.45, 7) is 0.778. The lowest BCUT2D eigenvalue weighted by Gasteiger charge is -2.52. The lowest BCUT2D eigenvalue weighted by atomic mass is 9.72. The molecule has 6 heteroatoms. The van der Waals surface area contributed by atoms with Gasteiger partial charge < -0.3 is 5.11 Å². The Balaban J connectivity index is 1.56. The highest BCUT2D eigenvalue weighted by molar-refractivity contribution is 5.32. The van der Waals surface area contributed by atoms with Gasteiger partial charge in [-0.25, -0.2) is 4.39 Å². The van der Waals surface area contributed by atoms with Crippen molar-refractivity contribution in [3.05, 3.63) is 71.0 Å². The topological polar surface area (TPSA) is 23.5 Å². The molecular weight excluding hydrogens is 382 g/mol. The highest BCUT2D eigenvalue weighted by Gasteiger charge is 2.46. The van der Waals surface area contributed by atoms with Crippen LogP contribution in [0.3, 0.4) is 0 Å². The number of halogens is 4. The normalized spacial score (nSPS) is 27.8. The first-order chi connectivity index (χ1) is 13.7. The third-order valence-corrected chi connectivity index (χ3v) is 6.34. The Morgan fingerprint density at radius 3 is 2.28 bits per heavy atom. The molecule has 1 N–H and O–H groups in total. The molecule has 2 heterocycles. The zero-order valence-corrected chi connectivity index (χ0v) is 16.1. The van der Waals surface area contributed by atoms with Crippen molar-refractivity contribution >= 4 is 0 Å². The van der Waals surface area contributed by atoms with Gasteiger partial charge in [-0.1, -0.05) is 36.8 Å². The minimum Gasteiger partial charge on any atom is -0.389 e. The summed E-state index contributed by atoms with van der Waals surface area (Å²) < 4.78 is 53.8. The van der Waals surface area contributed by atoms with Crippen molar-refractivity contribution in [1.29, 1.82) is 0 Å². The van der Waals surface area contributed by atoms with Crippen molar-refractivity contribution in [3.63, 3.8) is 0 Å². The summed E-state index contributed by atoms with van der Waals surface area (Å²) in [6.07, 6.45) is -1.03. The minimum absolute atomic E-state index is 0.121. The number of piperidine rings is 2. The van der Waals surface area contributed by atoms with Crippen LogP contribution in [-0.4, -0.2) is 27.7 Å². The molecule has 0 aliphatic carbocycles. The first kappa shape index (κ1) is 20.4. The van der Waals surface area contributed by atoms with Crippen molar-refractivity contribution in [3.8, 4) is 0 Å². The van der Waals surface area contributed by atoms with E-state index in [4.69, 9.17) is 0 Å².